The molecule has 3 heteroatoms. The molecule has 1 N–H and O–H groups in total. The van der Waals surface area contributed by atoms with Crippen LogP contribution in [0.2, 0.25) is 5.02 Å². The molecule has 0 saturated heterocycles. The number of benzene rings is 1. The van der Waals surface area contributed by atoms with Gasteiger partial charge in [-0.15, -0.1) is 0 Å². The van der Waals surface area contributed by atoms with Gasteiger partial charge in [-0.25, -0.2) is 4.39 Å². The van der Waals surface area contributed by atoms with Crippen LogP contribution in [0.25, 0.3) is 0 Å². The number of anilines is 1. The molecule has 0 atom stereocenters. The van der Waals surface area contributed by atoms with Crippen molar-refractivity contribution < 1.29 is 4.39 Å². The van der Waals surface area contributed by atoms with Crippen molar-refractivity contribution in [2.24, 2.45) is 11.8 Å². The Balaban J connectivity index is 2.75. The van der Waals surface area contributed by atoms with Crippen LogP contribution in [0.4, 0.5) is 10.1 Å². The summed E-state index contributed by atoms with van der Waals surface area (Å²) >= 11 is 5.75. The molecule has 0 saturated carbocycles. The Kier molecular flexibility index (Phi) is 5.94. The van der Waals surface area contributed by atoms with Gasteiger partial charge in [0.1, 0.15) is 5.82 Å². The van der Waals surface area contributed by atoms with Crippen molar-refractivity contribution in [1.82, 2.24) is 0 Å². The first-order chi connectivity index (χ1) is 8.38. The Morgan fingerprint density at radius 1 is 1.11 bits per heavy atom. The molecule has 0 radical (unpaired) electrons. The van der Waals surface area contributed by atoms with E-state index in [0.717, 1.165) is 12.8 Å². The van der Waals surface area contributed by atoms with Crippen molar-refractivity contribution >= 4 is 17.3 Å². The Bertz CT molecular complexity index is 367. The largest absolute Gasteiger partial charge is 0.380 e. The van der Waals surface area contributed by atoms with E-state index in [0.29, 0.717) is 28.6 Å². The molecule has 0 amide bonds. The highest BCUT2D eigenvalue weighted by Gasteiger charge is 2.14. The van der Waals surface area contributed by atoms with Crippen LogP contribution < -0.4 is 5.32 Å². The normalized spacial score (nSPS) is 11.6. The van der Waals surface area contributed by atoms with Gasteiger partial charge in [-0.3, -0.25) is 0 Å². The van der Waals surface area contributed by atoms with Crippen molar-refractivity contribution in [2.45, 2.75) is 46.6 Å². The van der Waals surface area contributed by atoms with Crippen molar-refractivity contribution in [3.05, 3.63) is 29.0 Å². The highest BCUT2D eigenvalue weighted by Crippen LogP contribution is 2.23. The zero-order valence-corrected chi connectivity index (χ0v) is 12.4. The zero-order chi connectivity index (χ0) is 13.7. The molecule has 0 aliphatic carbocycles. The second kappa shape index (κ2) is 6.98. The molecule has 0 fully saturated rings. The van der Waals surface area contributed by atoms with Gasteiger partial charge >= 0.3 is 0 Å². The molecule has 0 aromatic heterocycles. The zero-order valence-electron chi connectivity index (χ0n) is 11.6. The van der Waals surface area contributed by atoms with Crippen molar-refractivity contribution in [1.29, 1.82) is 0 Å². The lowest BCUT2D eigenvalue weighted by Gasteiger charge is -2.23. The van der Waals surface area contributed by atoms with Crippen LogP contribution in [0.5, 0.6) is 0 Å². The van der Waals surface area contributed by atoms with Crippen LogP contribution in [0.1, 0.15) is 40.5 Å². The first kappa shape index (κ1) is 15.3. The molecule has 0 heterocycles. The van der Waals surface area contributed by atoms with Gasteiger partial charge < -0.3 is 5.32 Å². The molecule has 102 valence electrons. The maximum absolute atomic E-state index is 13.7. The summed E-state index contributed by atoms with van der Waals surface area (Å²) in [5, 5.41) is 3.74. The average Bonchev–Trinajstić information content (AvgIpc) is 2.20. The molecule has 1 nitrogen and oxygen atoms in total. The summed E-state index contributed by atoms with van der Waals surface area (Å²) in [6, 6.07) is 5.09. The highest BCUT2D eigenvalue weighted by molar-refractivity contribution is 6.30. The molecule has 1 aromatic rings. The fraction of sp³-hybridized carbons (Fsp3) is 0.600. The third-order valence-electron chi connectivity index (χ3n) is 2.80. The van der Waals surface area contributed by atoms with Gasteiger partial charge in [-0.05, 0) is 42.9 Å². The molecule has 18 heavy (non-hydrogen) atoms. The molecular formula is C15H23ClFN. The molecule has 1 rings (SSSR count). The lowest BCUT2D eigenvalue weighted by molar-refractivity contribution is 0.440. The fourth-order valence-electron chi connectivity index (χ4n) is 2.18. The molecule has 1 aromatic carbocycles. The van der Waals surface area contributed by atoms with E-state index in [1.807, 2.05) is 0 Å². The monoisotopic (exact) mass is 271 g/mol. The second-order valence-electron chi connectivity index (χ2n) is 5.72. The summed E-state index contributed by atoms with van der Waals surface area (Å²) in [7, 11) is 0. The van der Waals surface area contributed by atoms with Crippen LogP contribution in [-0.4, -0.2) is 6.04 Å². The smallest absolute Gasteiger partial charge is 0.147 e. The van der Waals surface area contributed by atoms with Gasteiger partial charge in [-0.2, -0.15) is 0 Å². The van der Waals surface area contributed by atoms with E-state index in [-0.39, 0.29) is 5.82 Å². The van der Waals surface area contributed by atoms with E-state index in [1.54, 1.807) is 12.1 Å². The Hall–Kier alpha value is -0.760. The third kappa shape index (κ3) is 5.26. The van der Waals surface area contributed by atoms with Crippen LogP contribution in [0, 0.1) is 17.7 Å². The van der Waals surface area contributed by atoms with Crippen molar-refractivity contribution in [2.75, 3.05) is 5.32 Å². The minimum absolute atomic E-state index is 0.278. The summed E-state index contributed by atoms with van der Waals surface area (Å²) in [5.41, 5.74) is 0.547. The molecule has 0 aliphatic heterocycles. The van der Waals surface area contributed by atoms with E-state index in [1.165, 1.54) is 6.07 Å². The number of hydrogen-bond acceptors (Lipinski definition) is 1. The number of hydrogen-bond donors (Lipinski definition) is 1. The Morgan fingerprint density at radius 2 is 1.67 bits per heavy atom. The van der Waals surface area contributed by atoms with E-state index in [4.69, 9.17) is 11.6 Å². The average molecular weight is 272 g/mol. The predicted octanol–water partition coefficient (Wildman–Crippen LogP) is 5.35. The lowest BCUT2D eigenvalue weighted by atomic mass is 9.95. The lowest BCUT2D eigenvalue weighted by Crippen LogP contribution is -2.24. The number of nitrogens with one attached hydrogen (secondary N) is 1. The maximum Gasteiger partial charge on any atom is 0.147 e. The second-order valence-corrected chi connectivity index (χ2v) is 6.16. The minimum Gasteiger partial charge on any atom is -0.380 e. The topological polar surface area (TPSA) is 12.0 Å². The van der Waals surface area contributed by atoms with Crippen LogP contribution in [0.3, 0.4) is 0 Å². The molecule has 0 unspecified atom stereocenters. The van der Waals surface area contributed by atoms with E-state index < -0.39 is 0 Å². The third-order valence-corrected chi connectivity index (χ3v) is 3.04. The summed E-state index contributed by atoms with van der Waals surface area (Å²) in [6.45, 7) is 8.75. The number of rotatable bonds is 6. The summed E-state index contributed by atoms with van der Waals surface area (Å²) in [6.07, 6.45) is 2.08. The van der Waals surface area contributed by atoms with Gasteiger partial charge in [0.15, 0.2) is 0 Å². The molecule has 0 bridgehead atoms. The van der Waals surface area contributed by atoms with E-state index in [9.17, 15) is 4.39 Å². The van der Waals surface area contributed by atoms with E-state index in [2.05, 4.69) is 33.0 Å². The van der Waals surface area contributed by atoms with Crippen LogP contribution in [-0.2, 0) is 0 Å². The number of halogens is 2. The van der Waals surface area contributed by atoms with Gasteiger partial charge in [0, 0.05) is 11.1 Å². The Labute approximate surface area is 115 Å². The standard InChI is InChI=1S/C15H23ClFN/c1-10(2)7-13(8-11(3)4)18-15-6-5-12(16)9-14(15)17/h5-6,9-11,13,18H,7-8H2,1-4H3. The van der Waals surface area contributed by atoms with Crippen molar-refractivity contribution in [3.63, 3.8) is 0 Å². The maximum atomic E-state index is 13.7. The summed E-state index contributed by atoms with van der Waals surface area (Å²) < 4.78 is 13.7. The first-order valence-corrected chi connectivity index (χ1v) is 6.98. The highest BCUT2D eigenvalue weighted by atomic mass is 35.5. The minimum atomic E-state index is -0.278. The predicted molar refractivity (Wildman–Crippen MR) is 77.7 cm³/mol. The van der Waals surface area contributed by atoms with Gasteiger partial charge in [0.05, 0.1) is 5.69 Å². The van der Waals surface area contributed by atoms with Crippen LogP contribution in [0.15, 0.2) is 18.2 Å². The van der Waals surface area contributed by atoms with Gasteiger partial charge in [0.25, 0.3) is 0 Å². The van der Waals surface area contributed by atoms with Crippen LogP contribution >= 0.6 is 11.6 Å². The van der Waals surface area contributed by atoms with Gasteiger partial charge in [0.2, 0.25) is 0 Å². The quantitative estimate of drug-likeness (QED) is 0.735. The molecular weight excluding hydrogens is 249 g/mol. The molecule has 0 aliphatic rings. The molecule has 0 spiro atoms. The van der Waals surface area contributed by atoms with Gasteiger partial charge in [-0.1, -0.05) is 39.3 Å². The van der Waals surface area contributed by atoms with Crippen molar-refractivity contribution in [3.8, 4) is 0 Å². The van der Waals surface area contributed by atoms with E-state index >= 15 is 0 Å². The Morgan fingerprint density at radius 3 is 2.11 bits per heavy atom. The first-order valence-electron chi connectivity index (χ1n) is 6.60. The summed E-state index contributed by atoms with van der Waals surface area (Å²) in [5.74, 6) is 0.910. The SMILES string of the molecule is CC(C)CC(CC(C)C)Nc1ccc(Cl)cc1F. The summed E-state index contributed by atoms with van der Waals surface area (Å²) in [4.78, 5) is 0. The fourth-order valence-corrected chi connectivity index (χ4v) is 2.34.